The second-order valence-electron chi connectivity index (χ2n) is 5.08. The van der Waals surface area contributed by atoms with Gasteiger partial charge < -0.3 is 5.32 Å². The lowest BCUT2D eigenvalue weighted by molar-refractivity contribution is 0.215. The Labute approximate surface area is 110 Å². The molecular weight excluding hydrogens is 224 g/mol. The summed E-state index contributed by atoms with van der Waals surface area (Å²) in [6, 6.07) is 0.655. The minimum absolute atomic E-state index is 0.655. The van der Waals surface area contributed by atoms with Gasteiger partial charge in [0, 0.05) is 37.7 Å². The second kappa shape index (κ2) is 7.44. The maximum atomic E-state index is 4.37. The monoisotopic (exact) mass is 248 g/mol. The summed E-state index contributed by atoms with van der Waals surface area (Å²) < 4.78 is 0. The number of hydrogen-bond donors (Lipinski definition) is 1. The van der Waals surface area contributed by atoms with Gasteiger partial charge in [-0.1, -0.05) is 13.3 Å². The molecule has 1 unspecified atom stereocenters. The second-order valence-corrected chi connectivity index (χ2v) is 5.08. The fourth-order valence-electron chi connectivity index (χ4n) is 2.58. The molecule has 100 valence electrons. The number of piperidine rings is 1. The van der Waals surface area contributed by atoms with Crippen molar-refractivity contribution in [2.24, 2.45) is 0 Å². The van der Waals surface area contributed by atoms with Gasteiger partial charge in [0.05, 0.1) is 5.69 Å². The van der Waals surface area contributed by atoms with Crippen molar-refractivity contribution in [2.75, 3.05) is 19.6 Å². The molecule has 1 aliphatic rings. The highest BCUT2D eigenvalue weighted by atomic mass is 15.2. The van der Waals surface area contributed by atoms with Crippen molar-refractivity contribution in [1.82, 2.24) is 20.2 Å². The van der Waals surface area contributed by atoms with Gasteiger partial charge in [-0.2, -0.15) is 0 Å². The van der Waals surface area contributed by atoms with Crippen LogP contribution < -0.4 is 5.32 Å². The first-order chi connectivity index (χ1) is 8.88. The zero-order chi connectivity index (χ0) is 12.6. The lowest BCUT2D eigenvalue weighted by atomic mass is 10.0. The van der Waals surface area contributed by atoms with Crippen molar-refractivity contribution in [3.05, 3.63) is 24.3 Å². The van der Waals surface area contributed by atoms with Crippen LogP contribution in [-0.2, 0) is 6.54 Å². The summed E-state index contributed by atoms with van der Waals surface area (Å²) in [6.07, 6.45) is 10.6. The molecule has 0 aliphatic carbocycles. The molecule has 0 aromatic carbocycles. The van der Waals surface area contributed by atoms with Crippen LogP contribution in [0, 0.1) is 0 Å². The van der Waals surface area contributed by atoms with Crippen LogP contribution in [0.3, 0.4) is 0 Å². The Morgan fingerprint density at radius 2 is 2.33 bits per heavy atom. The third-order valence-corrected chi connectivity index (χ3v) is 3.43. The Kier molecular flexibility index (Phi) is 5.55. The van der Waals surface area contributed by atoms with Crippen LogP contribution in [0.5, 0.6) is 0 Å². The van der Waals surface area contributed by atoms with Gasteiger partial charge in [-0.25, -0.2) is 0 Å². The minimum atomic E-state index is 0.655. The van der Waals surface area contributed by atoms with E-state index in [0.29, 0.717) is 6.04 Å². The predicted molar refractivity (Wildman–Crippen MR) is 73.2 cm³/mol. The van der Waals surface area contributed by atoms with Crippen LogP contribution in [0.2, 0.25) is 0 Å². The third kappa shape index (κ3) is 4.35. The summed E-state index contributed by atoms with van der Waals surface area (Å²) in [6.45, 7) is 6.59. The lowest BCUT2D eigenvalue weighted by Gasteiger charge is -2.30. The van der Waals surface area contributed by atoms with E-state index in [2.05, 4.69) is 27.1 Å². The molecule has 1 atom stereocenters. The summed E-state index contributed by atoms with van der Waals surface area (Å²) in [5.41, 5.74) is 1.07. The van der Waals surface area contributed by atoms with E-state index in [9.17, 15) is 0 Å². The van der Waals surface area contributed by atoms with Crippen LogP contribution in [0.15, 0.2) is 18.6 Å². The van der Waals surface area contributed by atoms with E-state index in [1.165, 1.54) is 32.2 Å². The van der Waals surface area contributed by atoms with Crippen molar-refractivity contribution < 1.29 is 0 Å². The molecule has 2 rings (SSSR count). The van der Waals surface area contributed by atoms with Crippen molar-refractivity contribution in [3.8, 4) is 0 Å². The highest BCUT2D eigenvalue weighted by Crippen LogP contribution is 2.10. The molecule has 1 fully saturated rings. The largest absolute Gasteiger partial charge is 0.313 e. The Morgan fingerprint density at radius 3 is 3.00 bits per heavy atom. The molecule has 1 N–H and O–H groups in total. The van der Waals surface area contributed by atoms with Crippen molar-refractivity contribution in [3.63, 3.8) is 0 Å². The smallest absolute Gasteiger partial charge is 0.0726 e. The van der Waals surface area contributed by atoms with E-state index in [-0.39, 0.29) is 0 Å². The Morgan fingerprint density at radius 1 is 1.39 bits per heavy atom. The topological polar surface area (TPSA) is 41.1 Å². The van der Waals surface area contributed by atoms with Gasteiger partial charge in [0.2, 0.25) is 0 Å². The maximum absolute atomic E-state index is 4.37. The SMILES string of the molecule is CCCN(Cc1cnccn1)CC1CCCCN1. The van der Waals surface area contributed by atoms with Gasteiger partial charge in [-0.3, -0.25) is 14.9 Å². The lowest BCUT2D eigenvalue weighted by Crippen LogP contribution is -2.43. The van der Waals surface area contributed by atoms with Crippen LogP contribution in [0.1, 0.15) is 38.3 Å². The summed E-state index contributed by atoms with van der Waals surface area (Å²) in [4.78, 5) is 11.0. The highest BCUT2D eigenvalue weighted by Gasteiger charge is 2.16. The molecule has 0 amide bonds. The van der Waals surface area contributed by atoms with Gasteiger partial charge in [-0.05, 0) is 32.4 Å². The molecule has 18 heavy (non-hydrogen) atoms. The zero-order valence-electron chi connectivity index (χ0n) is 11.3. The predicted octanol–water partition coefficient (Wildman–Crippen LogP) is 1.83. The molecule has 1 saturated heterocycles. The normalized spacial score (nSPS) is 20.2. The quantitative estimate of drug-likeness (QED) is 0.834. The van der Waals surface area contributed by atoms with E-state index in [1.807, 2.05) is 6.20 Å². The molecule has 4 nitrogen and oxygen atoms in total. The maximum Gasteiger partial charge on any atom is 0.0726 e. The van der Waals surface area contributed by atoms with Crippen molar-refractivity contribution in [1.29, 1.82) is 0 Å². The van der Waals surface area contributed by atoms with E-state index in [1.54, 1.807) is 12.4 Å². The summed E-state index contributed by atoms with van der Waals surface area (Å²) in [5.74, 6) is 0. The number of rotatable bonds is 6. The van der Waals surface area contributed by atoms with Gasteiger partial charge in [0.15, 0.2) is 0 Å². The van der Waals surface area contributed by atoms with E-state index in [0.717, 1.165) is 25.3 Å². The molecule has 0 bridgehead atoms. The number of nitrogens with zero attached hydrogens (tertiary/aromatic N) is 3. The average molecular weight is 248 g/mol. The van der Waals surface area contributed by atoms with Gasteiger partial charge in [-0.15, -0.1) is 0 Å². The molecule has 4 heteroatoms. The Hall–Kier alpha value is -1.00. The van der Waals surface area contributed by atoms with Gasteiger partial charge in [0.25, 0.3) is 0 Å². The average Bonchev–Trinajstić information content (AvgIpc) is 2.41. The first kappa shape index (κ1) is 13.4. The summed E-state index contributed by atoms with van der Waals surface area (Å²) in [7, 11) is 0. The number of aromatic nitrogens is 2. The Bertz CT molecular complexity index is 322. The van der Waals surface area contributed by atoms with Crippen LogP contribution >= 0.6 is 0 Å². The van der Waals surface area contributed by atoms with Gasteiger partial charge in [0.1, 0.15) is 0 Å². The van der Waals surface area contributed by atoms with Crippen LogP contribution in [-0.4, -0.2) is 40.5 Å². The third-order valence-electron chi connectivity index (χ3n) is 3.43. The van der Waals surface area contributed by atoms with Gasteiger partial charge >= 0.3 is 0 Å². The van der Waals surface area contributed by atoms with Crippen molar-refractivity contribution in [2.45, 2.75) is 45.2 Å². The fraction of sp³-hybridized carbons (Fsp3) is 0.714. The Balaban J connectivity index is 1.86. The molecular formula is C14H24N4. The summed E-state index contributed by atoms with van der Waals surface area (Å²) >= 11 is 0. The highest BCUT2D eigenvalue weighted by molar-refractivity contribution is 4.94. The molecule has 0 spiro atoms. The first-order valence-electron chi connectivity index (χ1n) is 7.09. The van der Waals surface area contributed by atoms with Crippen LogP contribution in [0.25, 0.3) is 0 Å². The minimum Gasteiger partial charge on any atom is -0.313 e. The number of nitrogens with one attached hydrogen (secondary N) is 1. The number of hydrogen-bond acceptors (Lipinski definition) is 4. The first-order valence-corrected chi connectivity index (χ1v) is 7.09. The van der Waals surface area contributed by atoms with Crippen molar-refractivity contribution >= 4 is 0 Å². The fourth-order valence-corrected chi connectivity index (χ4v) is 2.58. The summed E-state index contributed by atoms with van der Waals surface area (Å²) in [5, 5.41) is 3.62. The van der Waals surface area contributed by atoms with E-state index < -0.39 is 0 Å². The standard InChI is InChI=1S/C14H24N4/c1-2-9-18(11-13-5-3-4-6-16-13)12-14-10-15-7-8-17-14/h7-8,10,13,16H,2-6,9,11-12H2,1H3. The molecule has 1 aromatic heterocycles. The zero-order valence-corrected chi connectivity index (χ0v) is 11.3. The van der Waals surface area contributed by atoms with Crippen LogP contribution in [0.4, 0.5) is 0 Å². The molecule has 0 saturated carbocycles. The van der Waals surface area contributed by atoms with E-state index in [4.69, 9.17) is 0 Å². The molecule has 1 aromatic rings. The molecule has 1 aliphatic heterocycles. The molecule has 0 radical (unpaired) electrons. The van der Waals surface area contributed by atoms with E-state index >= 15 is 0 Å². The molecule has 2 heterocycles.